The van der Waals surface area contributed by atoms with E-state index in [1.165, 1.54) is 0 Å². The second-order valence-corrected chi connectivity index (χ2v) is 4.17. The van der Waals surface area contributed by atoms with Crippen molar-refractivity contribution in [3.8, 4) is 17.1 Å². The van der Waals surface area contributed by atoms with Gasteiger partial charge in [0.1, 0.15) is 17.1 Å². The zero-order chi connectivity index (χ0) is 12.5. The fourth-order valence-corrected chi connectivity index (χ4v) is 2.01. The van der Waals surface area contributed by atoms with Crippen LogP contribution < -0.4 is 4.74 Å². The number of ether oxygens (including phenoxy) is 1. The first kappa shape index (κ1) is 11.0. The second-order valence-electron chi connectivity index (χ2n) is 3.82. The Balaban J connectivity index is 2.16. The van der Waals surface area contributed by atoms with Crippen LogP contribution in [0.5, 0.6) is 5.75 Å². The summed E-state index contributed by atoms with van der Waals surface area (Å²) in [6, 6.07) is 9.53. The Morgan fingerprint density at radius 1 is 1.28 bits per heavy atom. The van der Waals surface area contributed by atoms with E-state index in [0.717, 1.165) is 22.7 Å². The third-order valence-electron chi connectivity index (χ3n) is 2.70. The average molecular weight is 260 g/mol. The minimum atomic E-state index is 0.401. The molecule has 0 saturated heterocycles. The van der Waals surface area contributed by atoms with Gasteiger partial charge in [-0.25, -0.2) is 9.97 Å². The van der Waals surface area contributed by atoms with Gasteiger partial charge in [-0.05, 0) is 18.2 Å². The van der Waals surface area contributed by atoms with Gasteiger partial charge in [-0.1, -0.05) is 23.7 Å². The maximum atomic E-state index is 6.00. The van der Waals surface area contributed by atoms with Crippen LogP contribution in [0.2, 0.25) is 5.15 Å². The summed E-state index contributed by atoms with van der Waals surface area (Å²) in [5.74, 6) is 1.54. The standard InChI is InChI=1S/C13H10ClN3O/c1-18-9-4-2-3-8(7-9)13-16-10-5-6-15-12(14)11(10)17-13/h2-7H,1H3,(H,16,17). The minimum Gasteiger partial charge on any atom is -0.497 e. The molecular formula is C13H10ClN3O. The summed E-state index contributed by atoms with van der Waals surface area (Å²) >= 11 is 6.00. The zero-order valence-electron chi connectivity index (χ0n) is 9.64. The number of aromatic amines is 1. The van der Waals surface area contributed by atoms with E-state index >= 15 is 0 Å². The van der Waals surface area contributed by atoms with E-state index < -0.39 is 0 Å². The van der Waals surface area contributed by atoms with Gasteiger partial charge in [0, 0.05) is 11.8 Å². The highest BCUT2D eigenvalue weighted by Gasteiger charge is 2.08. The SMILES string of the molecule is COc1cccc(-c2nc3c(Cl)nccc3[nH]2)c1. The lowest BCUT2D eigenvalue weighted by Gasteiger charge is -2.01. The molecule has 0 aliphatic heterocycles. The smallest absolute Gasteiger partial charge is 0.156 e. The number of nitrogens with zero attached hydrogens (tertiary/aromatic N) is 2. The molecule has 0 fully saturated rings. The van der Waals surface area contributed by atoms with Gasteiger partial charge in [0.05, 0.1) is 12.6 Å². The third-order valence-corrected chi connectivity index (χ3v) is 2.98. The van der Waals surface area contributed by atoms with Crippen molar-refractivity contribution in [2.24, 2.45) is 0 Å². The lowest BCUT2D eigenvalue weighted by Crippen LogP contribution is -1.84. The van der Waals surface area contributed by atoms with E-state index in [0.29, 0.717) is 10.7 Å². The predicted octanol–water partition coefficient (Wildman–Crippen LogP) is 3.29. The number of pyridine rings is 1. The van der Waals surface area contributed by atoms with Gasteiger partial charge < -0.3 is 9.72 Å². The van der Waals surface area contributed by atoms with E-state index in [-0.39, 0.29) is 0 Å². The molecule has 0 aliphatic rings. The van der Waals surface area contributed by atoms with Crippen LogP contribution in [-0.2, 0) is 0 Å². The lowest BCUT2D eigenvalue weighted by molar-refractivity contribution is 0.415. The highest BCUT2D eigenvalue weighted by Crippen LogP contribution is 2.26. The number of imidazole rings is 1. The van der Waals surface area contributed by atoms with Crippen molar-refractivity contribution < 1.29 is 4.74 Å². The Morgan fingerprint density at radius 2 is 2.17 bits per heavy atom. The number of hydrogen-bond acceptors (Lipinski definition) is 3. The number of benzene rings is 1. The van der Waals surface area contributed by atoms with Crippen LogP contribution in [0, 0.1) is 0 Å². The zero-order valence-corrected chi connectivity index (χ0v) is 10.4. The summed E-state index contributed by atoms with van der Waals surface area (Å²) in [7, 11) is 1.64. The van der Waals surface area contributed by atoms with Crippen LogP contribution >= 0.6 is 11.6 Å². The van der Waals surface area contributed by atoms with Crippen LogP contribution in [0.4, 0.5) is 0 Å². The van der Waals surface area contributed by atoms with E-state index in [1.54, 1.807) is 13.3 Å². The van der Waals surface area contributed by atoms with E-state index in [4.69, 9.17) is 16.3 Å². The summed E-state index contributed by atoms with van der Waals surface area (Å²) < 4.78 is 5.19. The molecule has 18 heavy (non-hydrogen) atoms. The lowest BCUT2D eigenvalue weighted by atomic mass is 10.2. The van der Waals surface area contributed by atoms with Gasteiger partial charge in [0.2, 0.25) is 0 Å². The monoisotopic (exact) mass is 259 g/mol. The second kappa shape index (κ2) is 4.31. The molecule has 4 nitrogen and oxygen atoms in total. The largest absolute Gasteiger partial charge is 0.497 e. The van der Waals surface area contributed by atoms with Crippen molar-refractivity contribution in [3.63, 3.8) is 0 Å². The maximum absolute atomic E-state index is 6.00. The Hall–Kier alpha value is -2.07. The van der Waals surface area contributed by atoms with Crippen LogP contribution in [0.1, 0.15) is 0 Å². The first-order valence-corrected chi connectivity index (χ1v) is 5.80. The number of aromatic nitrogens is 3. The van der Waals surface area contributed by atoms with Crippen molar-refractivity contribution in [2.45, 2.75) is 0 Å². The maximum Gasteiger partial charge on any atom is 0.156 e. The van der Waals surface area contributed by atoms with Crippen molar-refractivity contribution >= 4 is 22.6 Å². The molecule has 5 heteroatoms. The molecule has 0 spiro atoms. The Morgan fingerprint density at radius 3 is 2.94 bits per heavy atom. The first-order valence-electron chi connectivity index (χ1n) is 5.42. The molecule has 0 unspecified atom stereocenters. The minimum absolute atomic E-state index is 0.401. The van der Waals surface area contributed by atoms with Crippen molar-refractivity contribution in [1.82, 2.24) is 15.0 Å². The summed E-state index contributed by atoms with van der Waals surface area (Å²) in [6.45, 7) is 0. The molecule has 1 aromatic carbocycles. The molecule has 0 radical (unpaired) electrons. The Bertz CT molecular complexity index is 708. The average Bonchev–Trinajstić information content (AvgIpc) is 2.84. The summed E-state index contributed by atoms with van der Waals surface area (Å²) in [5, 5.41) is 0.401. The number of nitrogens with one attached hydrogen (secondary N) is 1. The van der Waals surface area contributed by atoms with Gasteiger partial charge in [-0.15, -0.1) is 0 Å². The van der Waals surface area contributed by atoms with Crippen LogP contribution in [0.3, 0.4) is 0 Å². The number of H-pyrrole nitrogens is 1. The van der Waals surface area contributed by atoms with Crippen LogP contribution in [0.25, 0.3) is 22.4 Å². The number of methoxy groups -OCH3 is 1. The molecule has 0 amide bonds. The summed E-state index contributed by atoms with van der Waals surface area (Å²) in [6.07, 6.45) is 1.65. The van der Waals surface area contributed by atoms with Crippen molar-refractivity contribution in [3.05, 3.63) is 41.7 Å². The number of rotatable bonds is 2. The molecule has 0 saturated carbocycles. The fourth-order valence-electron chi connectivity index (χ4n) is 1.81. The van der Waals surface area contributed by atoms with Gasteiger partial charge in [0.15, 0.2) is 5.15 Å². The molecular weight excluding hydrogens is 250 g/mol. The van der Waals surface area contributed by atoms with Crippen LogP contribution in [0.15, 0.2) is 36.5 Å². The number of halogens is 1. The molecule has 0 bridgehead atoms. The molecule has 1 N–H and O–H groups in total. The molecule has 0 atom stereocenters. The van der Waals surface area contributed by atoms with Gasteiger partial charge >= 0.3 is 0 Å². The number of hydrogen-bond donors (Lipinski definition) is 1. The van der Waals surface area contributed by atoms with Gasteiger partial charge in [-0.2, -0.15) is 0 Å². The predicted molar refractivity (Wildman–Crippen MR) is 70.9 cm³/mol. The molecule has 90 valence electrons. The van der Waals surface area contributed by atoms with Crippen molar-refractivity contribution in [1.29, 1.82) is 0 Å². The number of fused-ring (bicyclic) bond motifs is 1. The first-order chi connectivity index (χ1) is 8.78. The highest BCUT2D eigenvalue weighted by molar-refractivity contribution is 6.33. The van der Waals surface area contributed by atoms with E-state index in [1.807, 2.05) is 30.3 Å². The third kappa shape index (κ3) is 1.80. The van der Waals surface area contributed by atoms with Crippen molar-refractivity contribution in [2.75, 3.05) is 7.11 Å². The molecule has 3 rings (SSSR count). The summed E-state index contributed by atoms with van der Waals surface area (Å²) in [5.41, 5.74) is 2.49. The van der Waals surface area contributed by atoms with Gasteiger partial charge in [0.25, 0.3) is 0 Å². The van der Waals surface area contributed by atoms with E-state index in [9.17, 15) is 0 Å². The van der Waals surface area contributed by atoms with Crippen LogP contribution in [-0.4, -0.2) is 22.1 Å². The fraction of sp³-hybridized carbons (Fsp3) is 0.0769. The summed E-state index contributed by atoms with van der Waals surface area (Å²) in [4.78, 5) is 11.7. The van der Waals surface area contributed by atoms with E-state index in [2.05, 4.69) is 15.0 Å². The molecule has 3 aromatic rings. The molecule has 2 heterocycles. The molecule has 2 aromatic heterocycles. The normalized spacial score (nSPS) is 10.8. The topological polar surface area (TPSA) is 50.8 Å². The Kier molecular flexibility index (Phi) is 2.64. The highest BCUT2D eigenvalue weighted by atomic mass is 35.5. The van der Waals surface area contributed by atoms with Gasteiger partial charge in [-0.3, -0.25) is 0 Å². The Labute approximate surface area is 109 Å². The quantitative estimate of drug-likeness (QED) is 0.719. The molecule has 0 aliphatic carbocycles.